The third-order valence-corrected chi connectivity index (χ3v) is 2.18. The number of nitrogens with one attached hydrogen (secondary N) is 1. The van der Waals surface area contributed by atoms with E-state index in [-0.39, 0.29) is 0 Å². The van der Waals surface area contributed by atoms with Crippen LogP contribution < -0.4 is 5.32 Å². The van der Waals surface area contributed by atoms with Crippen molar-refractivity contribution >= 4 is 6.09 Å². The van der Waals surface area contributed by atoms with Crippen LogP contribution in [0.5, 0.6) is 0 Å². The molecule has 0 aliphatic heterocycles. The standard InChI is InChI=1S/C11H15NO2/c1-8-3-4-9(2)10(7-8)5-6-12-11(13)14/h3-4,7,12H,5-6H2,1-2H3,(H,13,14). The van der Waals surface area contributed by atoms with Gasteiger partial charge in [0.1, 0.15) is 0 Å². The number of aryl methyl sites for hydroxylation is 2. The molecule has 1 rings (SSSR count). The van der Waals surface area contributed by atoms with E-state index in [9.17, 15) is 4.79 Å². The first-order valence-electron chi connectivity index (χ1n) is 4.62. The second-order valence-electron chi connectivity index (χ2n) is 3.41. The largest absolute Gasteiger partial charge is 0.465 e. The fourth-order valence-electron chi connectivity index (χ4n) is 1.37. The van der Waals surface area contributed by atoms with Crippen LogP contribution >= 0.6 is 0 Å². The topological polar surface area (TPSA) is 49.3 Å². The lowest BCUT2D eigenvalue weighted by Gasteiger charge is -2.06. The molecule has 0 fully saturated rings. The Morgan fingerprint density at radius 2 is 2.14 bits per heavy atom. The van der Waals surface area contributed by atoms with Crippen LogP contribution in [0.2, 0.25) is 0 Å². The number of rotatable bonds is 3. The molecule has 0 aromatic heterocycles. The summed E-state index contributed by atoms with van der Waals surface area (Å²) in [6.07, 6.45) is -0.213. The van der Waals surface area contributed by atoms with E-state index in [0.29, 0.717) is 6.54 Å². The predicted octanol–water partition coefficient (Wildman–Crippen LogP) is 2.11. The molecule has 0 spiro atoms. The molecule has 3 nitrogen and oxygen atoms in total. The summed E-state index contributed by atoms with van der Waals surface area (Å²) >= 11 is 0. The Bertz CT molecular complexity index is 334. The number of carbonyl (C=O) groups is 1. The van der Waals surface area contributed by atoms with Gasteiger partial charge in [0.2, 0.25) is 0 Å². The van der Waals surface area contributed by atoms with Crippen LogP contribution in [0.4, 0.5) is 4.79 Å². The maximum Gasteiger partial charge on any atom is 0.404 e. The van der Waals surface area contributed by atoms with Crippen LogP contribution in [-0.2, 0) is 6.42 Å². The number of carboxylic acid groups (broad SMARTS) is 1. The molecule has 0 radical (unpaired) electrons. The summed E-state index contributed by atoms with van der Waals surface area (Å²) in [7, 11) is 0. The molecule has 0 saturated carbocycles. The van der Waals surface area contributed by atoms with E-state index in [1.807, 2.05) is 13.8 Å². The van der Waals surface area contributed by atoms with Gasteiger partial charge in [-0.3, -0.25) is 0 Å². The second kappa shape index (κ2) is 4.65. The van der Waals surface area contributed by atoms with E-state index in [1.54, 1.807) is 0 Å². The monoisotopic (exact) mass is 193 g/mol. The van der Waals surface area contributed by atoms with E-state index in [1.165, 1.54) is 16.7 Å². The van der Waals surface area contributed by atoms with Gasteiger partial charge in [0, 0.05) is 6.54 Å². The van der Waals surface area contributed by atoms with Crippen molar-refractivity contribution in [3.05, 3.63) is 34.9 Å². The van der Waals surface area contributed by atoms with E-state index >= 15 is 0 Å². The lowest BCUT2D eigenvalue weighted by Crippen LogP contribution is -2.23. The Kier molecular flexibility index (Phi) is 3.51. The molecule has 0 atom stereocenters. The van der Waals surface area contributed by atoms with Crippen LogP contribution in [0.15, 0.2) is 18.2 Å². The lowest BCUT2D eigenvalue weighted by atomic mass is 10.0. The summed E-state index contributed by atoms with van der Waals surface area (Å²) in [5, 5.41) is 10.8. The Labute approximate surface area is 83.8 Å². The molecule has 1 aromatic carbocycles. The van der Waals surface area contributed by atoms with E-state index < -0.39 is 6.09 Å². The van der Waals surface area contributed by atoms with Gasteiger partial charge < -0.3 is 10.4 Å². The van der Waals surface area contributed by atoms with Gasteiger partial charge in [0.05, 0.1) is 0 Å². The van der Waals surface area contributed by atoms with Crippen molar-refractivity contribution in [1.29, 1.82) is 0 Å². The fraction of sp³-hybridized carbons (Fsp3) is 0.364. The van der Waals surface area contributed by atoms with Crippen LogP contribution in [0, 0.1) is 13.8 Å². The van der Waals surface area contributed by atoms with E-state index in [2.05, 4.69) is 23.5 Å². The predicted molar refractivity (Wildman–Crippen MR) is 55.6 cm³/mol. The van der Waals surface area contributed by atoms with Gasteiger partial charge >= 0.3 is 6.09 Å². The van der Waals surface area contributed by atoms with Gasteiger partial charge in [-0.25, -0.2) is 4.79 Å². The summed E-state index contributed by atoms with van der Waals surface area (Å²) in [4.78, 5) is 10.2. The molecule has 0 aliphatic rings. The van der Waals surface area contributed by atoms with Crippen molar-refractivity contribution in [1.82, 2.24) is 5.32 Å². The van der Waals surface area contributed by atoms with Gasteiger partial charge in [0.25, 0.3) is 0 Å². The summed E-state index contributed by atoms with van der Waals surface area (Å²) in [5.74, 6) is 0. The van der Waals surface area contributed by atoms with Crippen LogP contribution in [0.3, 0.4) is 0 Å². The number of hydrogen-bond donors (Lipinski definition) is 2. The summed E-state index contributed by atoms with van der Waals surface area (Å²) in [5.41, 5.74) is 3.63. The number of benzene rings is 1. The second-order valence-corrected chi connectivity index (χ2v) is 3.41. The molecule has 0 saturated heterocycles. The average molecular weight is 193 g/mol. The zero-order chi connectivity index (χ0) is 10.6. The highest BCUT2D eigenvalue weighted by Crippen LogP contribution is 2.10. The molecular formula is C11H15NO2. The number of hydrogen-bond acceptors (Lipinski definition) is 1. The molecule has 1 aromatic rings. The Morgan fingerprint density at radius 1 is 1.43 bits per heavy atom. The molecule has 0 heterocycles. The van der Waals surface area contributed by atoms with Crippen molar-refractivity contribution < 1.29 is 9.90 Å². The van der Waals surface area contributed by atoms with Gasteiger partial charge in [-0.1, -0.05) is 23.8 Å². The molecule has 76 valence electrons. The smallest absolute Gasteiger partial charge is 0.404 e. The molecule has 0 aliphatic carbocycles. The molecule has 0 unspecified atom stereocenters. The maximum atomic E-state index is 10.2. The van der Waals surface area contributed by atoms with Gasteiger partial charge in [0.15, 0.2) is 0 Å². The summed E-state index contributed by atoms with van der Waals surface area (Å²) < 4.78 is 0. The first kappa shape index (κ1) is 10.6. The van der Waals surface area contributed by atoms with Gasteiger partial charge in [-0.2, -0.15) is 0 Å². The first-order valence-corrected chi connectivity index (χ1v) is 4.62. The zero-order valence-electron chi connectivity index (χ0n) is 8.50. The highest BCUT2D eigenvalue weighted by Gasteiger charge is 1.99. The minimum absolute atomic E-state index is 0.472. The van der Waals surface area contributed by atoms with Crippen LogP contribution in [0.25, 0.3) is 0 Å². The summed E-state index contributed by atoms with van der Waals surface area (Å²) in [6, 6.07) is 6.22. The minimum atomic E-state index is -0.963. The highest BCUT2D eigenvalue weighted by atomic mass is 16.4. The Hall–Kier alpha value is -1.51. The van der Waals surface area contributed by atoms with Crippen LogP contribution in [-0.4, -0.2) is 17.7 Å². The maximum absolute atomic E-state index is 10.2. The molecule has 14 heavy (non-hydrogen) atoms. The molecule has 0 bridgehead atoms. The van der Waals surface area contributed by atoms with Gasteiger partial charge in [-0.15, -0.1) is 0 Å². The quantitative estimate of drug-likeness (QED) is 0.772. The van der Waals surface area contributed by atoms with Crippen molar-refractivity contribution in [2.45, 2.75) is 20.3 Å². The fourth-order valence-corrected chi connectivity index (χ4v) is 1.37. The molecular weight excluding hydrogens is 178 g/mol. The van der Waals surface area contributed by atoms with E-state index in [4.69, 9.17) is 5.11 Å². The third-order valence-electron chi connectivity index (χ3n) is 2.18. The minimum Gasteiger partial charge on any atom is -0.465 e. The Balaban J connectivity index is 2.57. The SMILES string of the molecule is Cc1ccc(C)c(CCNC(=O)O)c1. The third kappa shape index (κ3) is 3.09. The van der Waals surface area contributed by atoms with Crippen molar-refractivity contribution in [3.8, 4) is 0 Å². The van der Waals surface area contributed by atoms with E-state index in [0.717, 1.165) is 6.42 Å². The van der Waals surface area contributed by atoms with Crippen molar-refractivity contribution in [2.75, 3.05) is 6.54 Å². The average Bonchev–Trinajstić information content (AvgIpc) is 2.10. The summed E-state index contributed by atoms with van der Waals surface area (Å²) in [6.45, 7) is 4.54. The molecule has 1 amide bonds. The molecule has 2 N–H and O–H groups in total. The zero-order valence-corrected chi connectivity index (χ0v) is 8.50. The Morgan fingerprint density at radius 3 is 2.79 bits per heavy atom. The van der Waals surface area contributed by atoms with Crippen LogP contribution in [0.1, 0.15) is 16.7 Å². The lowest BCUT2D eigenvalue weighted by molar-refractivity contribution is 0.194. The van der Waals surface area contributed by atoms with Gasteiger partial charge in [-0.05, 0) is 31.4 Å². The number of amides is 1. The molecule has 3 heteroatoms. The van der Waals surface area contributed by atoms with Crippen molar-refractivity contribution in [2.24, 2.45) is 0 Å². The van der Waals surface area contributed by atoms with Crippen molar-refractivity contribution in [3.63, 3.8) is 0 Å². The first-order chi connectivity index (χ1) is 6.59. The highest BCUT2D eigenvalue weighted by molar-refractivity contribution is 5.64. The normalized spacial score (nSPS) is 9.86.